The molecule has 0 amide bonds. The van der Waals surface area contributed by atoms with Gasteiger partial charge in [0.1, 0.15) is 0 Å². The maximum absolute atomic E-state index is 9.12. The van der Waals surface area contributed by atoms with E-state index in [0.29, 0.717) is 24.6 Å². The number of aryl methyl sites for hydroxylation is 2. The molecule has 0 spiro atoms. The fourth-order valence-electron chi connectivity index (χ4n) is 2.11. The van der Waals surface area contributed by atoms with E-state index in [4.69, 9.17) is 20.4 Å². The van der Waals surface area contributed by atoms with Crippen LogP contribution >= 0.6 is 0 Å². The molecule has 0 aliphatic carbocycles. The molecule has 0 radical (unpaired) electrons. The highest BCUT2D eigenvalue weighted by Gasteiger charge is 2.23. The van der Waals surface area contributed by atoms with E-state index in [-0.39, 0.29) is 13.2 Å². The average molecular weight is 299 g/mol. The number of aliphatic hydroxyl groups is 2. The molecule has 0 fully saturated rings. The number of hydrogen-bond acceptors (Lipinski definition) is 6. The molecule has 0 saturated heterocycles. The monoisotopic (exact) mass is 299 g/mol. The number of unbranched alkanes of at least 4 members (excludes halogenated alkanes) is 5. The third kappa shape index (κ3) is 7.02. The highest BCUT2D eigenvalue weighted by molar-refractivity contribution is 4.89. The first-order valence-electron chi connectivity index (χ1n) is 7.95. The van der Waals surface area contributed by atoms with Crippen LogP contribution < -0.4 is 5.73 Å². The second-order valence-electron chi connectivity index (χ2n) is 5.79. The van der Waals surface area contributed by atoms with Gasteiger partial charge in [0.25, 0.3) is 0 Å². The van der Waals surface area contributed by atoms with Gasteiger partial charge in [-0.2, -0.15) is 0 Å². The third-order valence-corrected chi connectivity index (χ3v) is 3.72. The summed E-state index contributed by atoms with van der Waals surface area (Å²) in [6.07, 6.45) is 9.09. The van der Waals surface area contributed by atoms with Crippen molar-refractivity contribution >= 4 is 0 Å². The number of nitrogens with two attached hydrogens (primary N) is 1. The van der Waals surface area contributed by atoms with Crippen molar-refractivity contribution < 1.29 is 14.6 Å². The van der Waals surface area contributed by atoms with Crippen molar-refractivity contribution in [3.8, 4) is 0 Å². The minimum atomic E-state index is -0.978. The van der Waals surface area contributed by atoms with E-state index in [1.54, 1.807) is 0 Å². The summed E-state index contributed by atoms with van der Waals surface area (Å²) in [6.45, 7) is 1.69. The van der Waals surface area contributed by atoms with Crippen LogP contribution in [0.2, 0.25) is 0 Å². The van der Waals surface area contributed by atoms with Crippen LogP contribution in [-0.4, -0.2) is 39.2 Å². The fraction of sp³-hybridized carbons (Fsp3) is 0.867. The van der Waals surface area contributed by atoms with Crippen LogP contribution in [0.3, 0.4) is 0 Å². The molecule has 122 valence electrons. The molecule has 6 heteroatoms. The Bertz CT molecular complexity index is 378. The summed E-state index contributed by atoms with van der Waals surface area (Å²) in [6, 6.07) is 0. The van der Waals surface area contributed by atoms with E-state index in [9.17, 15) is 0 Å². The van der Waals surface area contributed by atoms with E-state index in [1.807, 2.05) is 0 Å². The summed E-state index contributed by atoms with van der Waals surface area (Å²) in [7, 11) is 0. The zero-order valence-corrected chi connectivity index (χ0v) is 13.1. The first-order valence-corrected chi connectivity index (χ1v) is 7.95. The molecule has 0 aliphatic rings. The van der Waals surface area contributed by atoms with Crippen LogP contribution in [0.1, 0.15) is 63.7 Å². The third-order valence-electron chi connectivity index (χ3n) is 3.72. The average Bonchev–Trinajstić information content (AvgIpc) is 2.96. The van der Waals surface area contributed by atoms with Gasteiger partial charge < -0.3 is 20.4 Å². The summed E-state index contributed by atoms with van der Waals surface area (Å²) in [5.74, 6) is 1.18. The van der Waals surface area contributed by atoms with Gasteiger partial charge in [0.15, 0.2) is 0 Å². The van der Waals surface area contributed by atoms with Gasteiger partial charge >= 0.3 is 0 Å². The van der Waals surface area contributed by atoms with Crippen LogP contribution in [0, 0.1) is 0 Å². The van der Waals surface area contributed by atoms with Gasteiger partial charge in [-0.1, -0.05) is 39.0 Å². The van der Waals surface area contributed by atoms with Crippen LogP contribution in [0.25, 0.3) is 0 Å². The molecule has 1 heterocycles. The minimum Gasteiger partial charge on any atom is -0.425 e. The topological polar surface area (TPSA) is 105 Å². The second-order valence-corrected chi connectivity index (χ2v) is 5.79. The van der Waals surface area contributed by atoms with Crippen molar-refractivity contribution in [3.63, 3.8) is 0 Å². The van der Waals surface area contributed by atoms with E-state index in [1.165, 1.54) is 32.1 Å². The Morgan fingerprint density at radius 1 is 0.952 bits per heavy atom. The number of aromatic nitrogens is 2. The van der Waals surface area contributed by atoms with Gasteiger partial charge in [-0.05, 0) is 12.8 Å². The summed E-state index contributed by atoms with van der Waals surface area (Å²) in [5, 5.41) is 26.2. The smallest absolute Gasteiger partial charge is 0.216 e. The zero-order valence-electron chi connectivity index (χ0n) is 13.1. The van der Waals surface area contributed by atoms with Crippen molar-refractivity contribution in [2.45, 2.75) is 70.3 Å². The van der Waals surface area contributed by atoms with Crippen molar-refractivity contribution in [1.29, 1.82) is 0 Å². The van der Waals surface area contributed by atoms with E-state index < -0.39 is 5.54 Å². The standard InChI is InChI=1S/C15H29N3O3/c1-2-3-4-5-6-7-8-13-17-18-14(21-13)9-10-15(16,11-19)12-20/h19-20H,2-12,16H2,1H3. The molecule has 0 unspecified atom stereocenters. The largest absolute Gasteiger partial charge is 0.425 e. The van der Waals surface area contributed by atoms with Crippen LogP contribution in [-0.2, 0) is 12.8 Å². The number of nitrogens with zero attached hydrogens (tertiary/aromatic N) is 2. The van der Waals surface area contributed by atoms with Gasteiger partial charge in [-0.3, -0.25) is 0 Å². The van der Waals surface area contributed by atoms with E-state index in [0.717, 1.165) is 12.8 Å². The highest BCUT2D eigenvalue weighted by atomic mass is 16.4. The second kappa shape index (κ2) is 9.87. The van der Waals surface area contributed by atoms with Crippen LogP contribution in [0.5, 0.6) is 0 Å². The fourth-order valence-corrected chi connectivity index (χ4v) is 2.11. The molecular weight excluding hydrogens is 270 g/mol. The van der Waals surface area contributed by atoms with Crippen LogP contribution in [0.15, 0.2) is 4.42 Å². The zero-order chi connectivity index (χ0) is 15.6. The number of rotatable bonds is 12. The predicted octanol–water partition coefficient (Wildman–Crippen LogP) is 1.59. The lowest BCUT2D eigenvalue weighted by atomic mass is 9.97. The molecule has 1 rings (SSSR count). The molecule has 0 aliphatic heterocycles. The lowest BCUT2D eigenvalue weighted by molar-refractivity contribution is 0.113. The van der Waals surface area contributed by atoms with Gasteiger partial charge in [-0.15, -0.1) is 10.2 Å². The predicted molar refractivity (Wildman–Crippen MR) is 80.8 cm³/mol. The molecule has 0 saturated carbocycles. The molecule has 0 atom stereocenters. The summed E-state index contributed by atoms with van der Waals surface area (Å²) in [4.78, 5) is 0. The summed E-state index contributed by atoms with van der Waals surface area (Å²) >= 11 is 0. The van der Waals surface area contributed by atoms with Gasteiger partial charge in [0.05, 0.1) is 18.8 Å². The Hall–Kier alpha value is -0.980. The molecule has 1 aromatic rings. The number of hydrogen-bond donors (Lipinski definition) is 3. The van der Waals surface area contributed by atoms with E-state index in [2.05, 4.69) is 17.1 Å². The normalized spacial score (nSPS) is 12.0. The Morgan fingerprint density at radius 2 is 1.52 bits per heavy atom. The molecule has 21 heavy (non-hydrogen) atoms. The van der Waals surface area contributed by atoms with Crippen molar-refractivity contribution in [2.24, 2.45) is 5.73 Å². The lowest BCUT2D eigenvalue weighted by Crippen LogP contribution is -2.47. The molecule has 0 aromatic carbocycles. The number of aliphatic hydroxyl groups excluding tert-OH is 2. The van der Waals surface area contributed by atoms with Gasteiger partial charge in [0.2, 0.25) is 11.8 Å². The molecule has 6 nitrogen and oxygen atoms in total. The minimum absolute atomic E-state index is 0.262. The quantitative estimate of drug-likeness (QED) is 0.506. The molecule has 1 aromatic heterocycles. The molecule has 0 bridgehead atoms. The Morgan fingerprint density at radius 3 is 2.14 bits per heavy atom. The Balaban J connectivity index is 2.23. The van der Waals surface area contributed by atoms with Gasteiger partial charge in [-0.25, -0.2) is 0 Å². The van der Waals surface area contributed by atoms with Gasteiger partial charge in [0, 0.05) is 12.8 Å². The Kier molecular flexibility index (Phi) is 8.49. The SMILES string of the molecule is CCCCCCCCc1nnc(CCC(N)(CO)CO)o1. The molecule has 4 N–H and O–H groups in total. The van der Waals surface area contributed by atoms with Crippen molar-refractivity contribution in [3.05, 3.63) is 11.8 Å². The Labute approximate surface area is 126 Å². The van der Waals surface area contributed by atoms with Crippen LogP contribution in [0.4, 0.5) is 0 Å². The van der Waals surface area contributed by atoms with E-state index >= 15 is 0 Å². The lowest BCUT2D eigenvalue weighted by Gasteiger charge is -2.23. The first kappa shape index (κ1) is 18.1. The highest BCUT2D eigenvalue weighted by Crippen LogP contribution is 2.13. The maximum atomic E-state index is 9.12. The van der Waals surface area contributed by atoms with Crippen molar-refractivity contribution in [1.82, 2.24) is 10.2 Å². The van der Waals surface area contributed by atoms with Crippen molar-refractivity contribution in [2.75, 3.05) is 13.2 Å². The molecular formula is C15H29N3O3. The summed E-state index contributed by atoms with van der Waals surface area (Å²) in [5.41, 5.74) is 4.82. The first-order chi connectivity index (χ1) is 10.1. The maximum Gasteiger partial charge on any atom is 0.216 e. The summed E-state index contributed by atoms with van der Waals surface area (Å²) < 4.78 is 5.55.